The molecule has 0 saturated heterocycles. The third-order valence-corrected chi connectivity index (χ3v) is 8.34. The van der Waals surface area contributed by atoms with Crippen LogP contribution >= 0.6 is 11.3 Å². The molecule has 0 unspecified atom stereocenters. The van der Waals surface area contributed by atoms with Gasteiger partial charge in [0.1, 0.15) is 6.10 Å². The van der Waals surface area contributed by atoms with Gasteiger partial charge in [0, 0.05) is 40.1 Å². The SMILES string of the molecule is COc1ccc([C@H]2C(C(=O)OC3CCCC3)=C(C)NC3=C2C(=O)C[C@@H](c2cccs2)C3)cc1OC. The van der Waals surface area contributed by atoms with Gasteiger partial charge in [0.15, 0.2) is 17.3 Å². The van der Waals surface area contributed by atoms with Crippen molar-refractivity contribution in [2.24, 2.45) is 0 Å². The van der Waals surface area contributed by atoms with Crippen LogP contribution in [0.4, 0.5) is 0 Å². The third-order valence-electron chi connectivity index (χ3n) is 7.31. The zero-order valence-electron chi connectivity index (χ0n) is 20.4. The largest absolute Gasteiger partial charge is 0.493 e. The molecule has 0 amide bonds. The number of hydrogen-bond donors (Lipinski definition) is 1. The number of esters is 1. The third kappa shape index (κ3) is 4.49. The Morgan fingerprint density at radius 1 is 1.06 bits per heavy atom. The van der Waals surface area contributed by atoms with E-state index in [-0.39, 0.29) is 23.8 Å². The lowest BCUT2D eigenvalue weighted by Crippen LogP contribution is -2.36. The number of benzene rings is 1. The van der Waals surface area contributed by atoms with E-state index in [0.717, 1.165) is 49.1 Å². The van der Waals surface area contributed by atoms with Gasteiger partial charge < -0.3 is 19.5 Å². The van der Waals surface area contributed by atoms with E-state index in [1.807, 2.05) is 36.6 Å². The number of thiophene rings is 1. The number of ketones is 1. The molecule has 1 aromatic heterocycles. The normalized spacial score (nSPS) is 22.7. The van der Waals surface area contributed by atoms with Crippen LogP contribution in [-0.4, -0.2) is 32.1 Å². The Hall–Kier alpha value is -3.06. The number of hydrogen-bond acceptors (Lipinski definition) is 7. The van der Waals surface area contributed by atoms with Crippen molar-refractivity contribution < 1.29 is 23.8 Å². The molecule has 184 valence electrons. The Balaban J connectivity index is 1.58. The van der Waals surface area contributed by atoms with E-state index in [1.165, 1.54) is 4.88 Å². The fourth-order valence-corrected chi connectivity index (χ4v) is 6.45. The number of carbonyl (C=O) groups excluding carboxylic acids is 2. The number of dihydropyridines is 1. The van der Waals surface area contributed by atoms with Gasteiger partial charge in [-0.05, 0) is 68.2 Å². The predicted octanol–water partition coefficient (Wildman–Crippen LogP) is 5.61. The number of methoxy groups -OCH3 is 2. The molecule has 0 radical (unpaired) electrons. The lowest BCUT2D eigenvalue weighted by Gasteiger charge is -2.36. The van der Waals surface area contributed by atoms with Crippen LogP contribution in [0.3, 0.4) is 0 Å². The van der Waals surface area contributed by atoms with Gasteiger partial charge in [-0.1, -0.05) is 12.1 Å². The monoisotopic (exact) mass is 493 g/mol. The summed E-state index contributed by atoms with van der Waals surface area (Å²) in [6.45, 7) is 1.90. The average Bonchev–Trinajstić information content (AvgIpc) is 3.57. The second kappa shape index (κ2) is 9.90. The molecule has 1 N–H and O–H groups in total. The molecular formula is C28H31NO5S. The van der Waals surface area contributed by atoms with E-state index >= 15 is 0 Å². The van der Waals surface area contributed by atoms with E-state index in [4.69, 9.17) is 14.2 Å². The van der Waals surface area contributed by atoms with Crippen LogP contribution < -0.4 is 14.8 Å². The van der Waals surface area contributed by atoms with Crippen LogP contribution in [0.5, 0.6) is 11.5 Å². The lowest BCUT2D eigenvalue weighted by atomic mass is 9.72. The zero-order chi connectivity index (χ0) is 24.5. The molecule has 1 aromatic carbocycles. The maximum atomic E-state index is 13.7. The number of Topliss-reactive ketones (excluding diaryl/α,β-unsaturated/α-hetero) is 1. The van der Waals surface area contributed by atoms with Crippen molar-refractivity contribution in [2.45, 2.75) is 63.4 Å². The number of allylic oxidation sites excluding steroid dienone is 3. The van der Waals surface area contributed by atoms with E-state index < -0.39 is 5.92 Å². The van der Waals surface area contributed by atoms with Gasteiger partial charge in [-0.25, -0.2) is 4.79 Å². The first-order valence-electron chi connectivity index (χ1n) is 12.2. The summed E-state index contributed by atoms with van der Waals surface area (Å²) in [6, 6.07) is 9.73. The summed E-state index contributed by atoms with van der Waals surface area (Å²) < 4.78 is 16.9. The quantitative estimate of drug-likeness (QED) is 0.527. The molecule has 7 heteroatoms. The van der Waals surface area contributed by atoms with Crippen molar-refractivity contribution in [1.82, 2.24) is 5.32 Å². The Labute approximate surface area is 210 Å². The van der Waals surface area contributed by atoms with Gasteiger partial charge in [-0.3, -0.25) is 4.79 Å². The number of ether oxygens (including phenoxy) is 3. The molecule has 2 atom stereocenters. The molecule has 0 bridgehead atoms. The summed E-state index contributed by atoms with van der Waals surface area (Å²) >= 11 is 1.68. The highest BCUT2D eigenvalue weighted by Crippen LogP contribution is 2.47. The molecule has 2 aromatic rings. The summed E-state index contributed by atoms with van der Waals surface area (Å²) in [5.41, 5.74) is 3.62. The van der Waals surface area contributed by atoms with Crippen LogP contribution in [0.15, 0.2) is 58.3 Å². The standard InChI is InChI=1S/C28H31NO5S/c1-16-25(28(31)34-19-7-4-5-8-19)26(17-10-11-22(32-2)23(15-17)33-3)27-20(29-16)13-18(14-21(27)30)24-9-6-12-35-24/h6,9-12,15,18-19,26,29H,4-5,7-8,13-14H2,1-3H3/t18-,26-/m0/s1. The van der Waals surface area contributed by atoms with Crippen LogP contribution in [-0.2, 0) is 14.3 Å². The van der Waals surface area contributed by atoms with E-state index in [9.17, 15) is 9.59 Å². The first-order chi connectivity index (χ1) is 17.0. The summed E-state index contributed by atoms with van der Waals surface area (Å²) in [7, 11) is 3.18. The van der Waals surface area contributed by atoms with E-state index in [0.29, 0.717) is 29.1 Å². The average molecular weight is 494 g/mol. The van der Waals surface area contributed by atoms with Gasteiger partial charge in [0.2, 0.25) is 0 Å². The van der Waals surface area contributed by atoms with E-state index in [2.05, 4.69) is 11.4 Å². The smallest absolute Gasteiger partial charge is 0.337 e. The minimum atomic E-state index is -0.517. The molecule has 0 spiro atoms. The molecule has 2 aliphatic carbocycles. The van der Waals surface area contributed by atoms with Crippen molar-refractivity contribution in [3.05, 3.63) is 68.7 Å². The van der Waals surface area contributed by atoms with Crippen molar-refractivity contribution in [1.29, 1.82) is 0 Å². The minimum Gasteiger partial charge on any atom is -0.493 e. The van der Waals surface area contributed by atoms with Gasteiger partial charge in [-0.15, -0.1) is 11.3 Å². The molecular weight excluding hydrogens is 462 g/mol. The molecule has 3 aliphatic rings. The zero-order valence-corrected chi connectivity index (χ0v) is 21.2. The Morgan fingerprint density at radius 2 is 1.83 bits per heavy atom. The van der Waals surface area contributed by atoms with Crippen LogP contribution in [0.1, 0.15) is 67.7 Å². The van der Waals surface area contributed by atoms with Crippen molar-refractivity contribution in [3.63, 3.8) is 0 Å². The molecule has 5 rings (SSSR count). The van der Waals surface area contributed by atoms with Crippen molar-refractivity contribution in [2.75, 3.05) is 14.2 Å². The maximum absolute atomic E-state index is 13.7. The lowest BCUT2D eigenvalue weighted by molar-refractivity contribution is -0.144. The topological polar surface area (TPSA) is 73.9 Å². The second-order valence-electron chi connectivity index (χ2n) is 9.46. The number of rotatable bonds is 6. The second-order valence-corrected chi connectivity index (χ2v) is 10.4. The van der Waals surface area contributed by atoms with E-state index in [1.54, 1.807) is 25.6 Å². The highest BCUT2D eigenvalue weighted by atomic mass is 32.1. The highest BCUT2D eigenvalue weighted by Gasteiger charge is 2.42. The molecule has 2 heterocycles. The number of nitrogens with one attached hydrogen (secondary N) is 1. The van der Waals surface area contributed by atoms with Crippen molar-refractivity contribution in [3.8, 4) is 11.5 Å². The molecule has 1 aliphatic heterocycles. The summed E-state index contributed by atoms with van der Waals surface area (Å²) in [4.78, 5) is 28.5. The van der Waals surface area contributed by atoms with Crippen LogP contribution in [0.25, 0.3) is 0 Å². The first kappa shape index (κ1) is 23.7. The highest BCUT2D eigenvalue weighted by molar-refractivity contribution is 7.10. The fraction of sp³-hybridized carbons (Fsp3) is 0.429. The molecule has 6 nitrogen and oxygen atoms in total. The van der Waals surface area contributed by atoms with Gasteiger partial charge in [0.25, 0.3) is 0 Å². The number of carbonyl (C=O) groups is 2. The maximum Gasteiger partial charge on any atom is 0.337 e. The Kier molecular flexibility index (Phi) is 6.69. The fourth-order valence-electron chi connectivity index (χ4n) is 5.62. The van der Waals surface area contributed by atoms with Gasteiger partial charge in [0.05, 0.1) is 19.8 Å². The van der Waals surface area contributed by atoms with Crippen molar-refractivity contribution >= 4 is 23.1 Å². The molecule has 1 saturated carbocycles. The summed E-state index contributed by atoms with van der Waals surface area (Å²) in [5.74, 6) is 0.503. The van der Waals surface area contributed by atoms with Gasteiger partial charge in [-0.2, -0.15) is 0 Å². The van der Waals surface area contributed by atoms with Crippen LogP contribution in [0, 0.1) is 0 Å². The van der Waals surface area contributed by atoms with Gasteiger partial charge >= 0.3 is 5.97 Å². The summed E-state index contributed by atoms with van der Waals surface area (Å²) in [5, 5.41) is 5.48. The summed E-state index contributed by atoms with van der Waals surface area (Å²) in [6.07, 6.45) is 5.03. The molecule has 1 fully saturated rings. The molecule has 35 heavy (non-hydrogen) atoms. The Morgan fingerprint density at radius 3 is 2.51 bits per heavy atom. The van der Waals surface area contributed by atoms with Crippen LogP contribution in [0.2, 0.25) is 0 Å². The predicted molar refractivity (Wildman–Crippen MR) is 135 cm³/mol. The first-order valence-corrected chi connectivity index (χ1v) is 13.1. The Bertz CT molecular complexity index is 1190. The minimum absolute atomic E-state index is 0.0607.